The van der Waals surface area contributed by atoms with Gasteiger partial charge in [0.05, 0.1) is 11.4 Å². The summed E-state index contributed by atoms with van der Waals surface area (Å²) in [6.45, 7) is 0. The third-order valence-corrected chi connectivity index (χ3v) is 5.51. The fourth-order valence-electron chi connectivity index (χ4n) is 3.88. The largest absolute Gasteiger partial charge is 0.505 e. The predicted octanol–water partition coefficient (Wildman–Crippen LogP) is -0.851. The Hall–Kier alpha value is -3.60. The van der Waals surface area contributed by atoms with Crippen LogP contribution in [-0.4, -0.2) is 54.2 Å². The number of nitrogens with two attached hydrogens (primary N) is 2. The van der Waals surface area contributed by atoms with Crippen molar-refractivity contribution in [2.45, 2.75) is 0 Å². The molecule has 0 bridgehead atoms. The van der Waals surface area contributed by atoms with Crippen LogP contribution >= 0.6 is 12.9 Å². The molecule has 0 unspecified atom stereocenters. The van der Waals surface area contributed by atoms with Gasteiger partial charge in [-0.3, -0.25) is 0 Å². The molecule has 4 aromatic rings. The van der Waals surface area contributed by atoms with Crippen molar-refractivity contribution in [2.24, 2.45) is 0 Å². The van der Waals surface area contributed by atoms with E-state index < -0.39 is 51.1 Å². The smallest absolute Gasteiger partial charge is 0.201 e. The molecule has 4 aromatic carbocycles. The molecule has 0 heterocycles. The van der Waals surface area contributed by atoms with Crippen molar-refractivity contribution in [3.05, 3.63) is 0 Å². The van der Waals surface area contributed by atoms with Gasteiger partial charge in [0.1, 0.15) is 23.5 Å². The highest BCUT2D eigenvalue weighted by atomic mass is 32.1. The summed E-state index contributed by atoms with van der Waals surface area (Å²) < 4.78 is 4.82. The SMILES string of the molecule is [B]c1c(O)c(O)c(N)c2c1c1c([B])c(O)c(OS)c(N)c1c1c(O)c(O)c(O)c([B])c21. The van der Waals surface area contributed by atoms with Crippen molar-refractivity contribution in [2.75, 3.05) is 11.5 Å². The molecule has 0 atom stereocenters. The maximum absolute atomic E-state index is 10.7. The lowest BCUT2D eigenvalue weighted by molar-refractivity contribution is 0.373. The average Bonchev–Trinajstić information content (AvgIpc) is 2.75. The Morgan fingerprint density at radius 3 is 1.45 bits per heavy atom. The van der Waals surface area contributed by atoms with Gasteiger partial charge in [-0.1, -0.05) is 0 Å². The molecule has 13 heteroatoms. The lowest BCUT2D eigenvalue weighted by Crippen LogP contribution is -2.17. The summed E-state index contributed by atoms with van der Waals surface area (Å²) in [4.78, 5) is 0. The number of anilines is 2. The number of aromatic hydroxyl groups is 6. The maximum atomic E-state index is 10.7. The molecule has 0 saturated heterocycles. The summed E-state index contributed by atoms with van der Waals surface area (Å²) in [6.07, 6.45) is 0. The average molecular weight is 432 g/mol. The normalized spacial score (nSPS) is 11.5. The van der Waals surface area contributed by atoms with E-state index in [0.29, 0.717) is 0 Å². The Morgan fingerprint density at radius 1 is 0.516 bits per heavy atom. The van der Waals surface area contributed by atoms with Crippen LogP contribution in [0.1, 0.15) is 0 Å². The van der Waals surface area contributed by atoms with E-state index >= 15 is 0 Å². The molecule has 31 heavy (non-hydrogen) atoms. The third-order valence-electron chi connectivity index (χ3n) is 5.33. The third kappa shape index (κ3) is 2.32. The van der Waals surface area contributed by atoms with Crippen molar-refractivity contribution >= 4 is 96.5 Å². The van der Waals surface area contributed by atoms with Gasteiger partial charge in [0, 0.05) is 29.1 Å². The van der Waals surface area contributed by atoms with Crippen LogP contribution in [0.3, 0.4) is 0 Å². The summed E-state index contributed by atoms with van der Waals surface area (Å²) in [5.41, 5.74) is 10.2. The predicted molar refractivity (Wildman–Crippen MR) is 124 cm³/mol. The number of phenols is 6. The molecule has 9 nitrogen and oxygen atoms in total. The van der Waals surface area contributed by atoms with Gasteiger partial charge in [0.15, 0.2) is 34.5 Å². The number of phenolic OH excluding ortho intramolecular Hbond substituents is 6. The standard InChI is InChI=1S/C18H11B3N2O7S/c19-7-1-2-5(11(23)18(30-31)15(27)9(2)21)6-3(4(1)10(22)16(28)13(7)25)8(20)14(26)17(29)12(6)24/h24-29,31H,22-23H2. The van der Waals surface area contributed by atoms with E-state index in [2.05, 4.69) is 12.9 Å². The van der Waals surface area contributed by atoms with Gasteiger partial charge in [-0.15, -0.1) is 0 Å². The fraction of sp³-hybridized carbons (Fsp3) is 0. The topological polar surface area (TPSA) is 183 Å². The Labute approximate surface area is 183 Å². The molecule has 0 saturated carbocycles. The van der Waals surface area contributed by atoms with Crippen LogP contribution < -0.4 is 32.0 Å². The highest BCUT2D eigenvalue weighted by Gasteiger charge is 2.29. The highest BCUT2D eigenvalue weighted by molar-refractivity contribution is 7.75. The van der Waals surface area contributed by atoms with E-state index in [1.165, 1.54) is 0 Å². The van der Waals surface area contributed by atoms with Crippen LogP contribution in [0.25, 0.3) is 32.3 Å². The Morgan fingerprint density at radius 2 is 0.935 bits per heavy atom. The van der Waals surface area contributed by atoms with Crippen LogP contribution in [-0.2, 0) is 0 Å². The number of hydrogen-bond donors (Lipinski definition) is 9. The lowest BCUT2D eigenvalue weighted by atomic mass is 9.75. The van der Waals surface area contributed by atoms with Crippen molar-refractivity contribution < 1.29 is 34.8 Å². The quantitative estimate of drug-likeness (QED) is 0.0462. The minimum absolute atomic E-state index is 0.100. The first-order chi connectivity index (χ1) is 14.5. The molecular weight excluding hydrogens is 421 g/mol. The van der Waals surface area contributed by atoms with Crippen LogP contribution in [0.15, 0.2) is 0 Å². The number of thiol groups is 1. The second-order valence-electron chi connectivity index (χ2n) is 6.83. The van der Waals surface area contributed by atoms with E-state index in [9.17, 15) is 30.6 Å². The number of fused-ring (bicyclic) bond motifs is 6. The van der Waals surface area contributed by atoms with Crippen molar-refractivity contribution in [1.82, 2.24) is 0 Å². The number of rotatable bonds is 1. The zero-order chi connectivity index (χ0) is 23.1. The van der Waals surface area contributed by atoms with E-state index in [-0.39, 0.29) is 49.2 Å². The molecular formula is C18H11B3N2O7S. The Balaban J connectivity index is 2.65. The van der Waals surface area contributed by atoms with E-state index in [4.69, 9.17) is 39.2 Å². The van der Waals surface area contributed by atoms with Crippen molar-refractivity contribution in [3.63, 3.8) is 0 Å². The first-order valence-electron chi connectivity index (χ1n) is 8.42. The molecule has 0 aromatic heterocycles. The van der Waals surface area contributed by atoms with E-state index in [1.807, 2.05) is 0 Å². The minimum Gasteiger partial charge on any atom is -0.505 e. The summed E-state index contributed by atoms with van der Waals surface area (Å²) in [5, 5.41) is 61.2. The number of benzene rings is 4. The van der Waals surface area contributed by atoms with Crippen LogP contribution in [0, 0.1) is 0 Å². The van der Waals surface area contributed by atoms with Gasteiger partial charge in [-0.05, 0) is 32.5 Å². The van der Waals surface area contributed by atoms with Gasteiger partial charge >= 0.3 is 0 Å². The fourth-order valence-corrected chi connectivity index (χ4v) is 4.06. The summed E-state index contributed by atoms with van der Waals surface area (Å²) in [6, 6.07) is 0. The molecule has 6 radical (unpaired) electrons. The lowest BCUT2D eigenvalue weighted by Gasteiger charge is -2.23. The Kier molecular flexibility index (Phi) is 4.30. The minimum atomic E-state index is -0.973. The first kappa shape index (κ1) is 20.7. The molecule has 0 fully saturated rings. The van der Waals surface area contributed by atoms with Crippen LogP contribution in [0.4, 0.5) is 11.4 Å². The Bertz CT molecular complexity index is 1450. The van der Waals surface area contributed by atoms with Gasteiger partial charge in [-0.25, -0.2) is 0 Å². The number of nitrogen functional groups attached to an aromatic ring is 2. The summed E-state index contributed by atoms with van der Waals surface area (Å²) in [7, 11) is 18.1. The maximum Gasteiger partial charge on any atom is 0.201 e. The van der Waals surface area contributed by atoms with E-state index in [1.54, 1.807) is 0 Å². The van der Waals surface area contributed by atoms with Gasteiger partial charge in [-0.2, -0.15) is 0 Å². The van der Waals surface area contributed by atoms with E-state index in [0.717, 1.165) is 0 Å². The molecule has 0 aliphatic heterocycles. The molecule has 0 aliphatic rings. The van der Waals surface area contributed by atoms with Gasteiger partial charge in [0.25, 0.3) is 0 Å². The second-order valence-corrected chi connectivity index (χ2v) is 7.01. The summed E-state index contributed by atoms with van der Waals surface area (Å²) >= 11 is 3.65. The van der Waals surface area contributed by atoms with Crippen molar-refractivity contribution in [3.8, 4) is 40.2 Å². The van der Waals surface area contributed by atoms with Crippen LogP contribution in [0.5, 0.6) is 40.2 Å². The zero-order valence-corrected chi connectivity index (χ0v) is 16.3. The zero-order valence-electron chi connectivity index (χ0n) is 15.4. The monoisotopic (exact) mass is 432 g/mol. The van der Waals surface area contributed by atoms with Crippen molar-refractivity contribution in [1.29, 1.82) is 0 Å². The van der Waals surface area contributed by atoms with Gasteiger partial charge in [0.2, 0.25) is 5.75 Å². The van der Waals surface area contributed by atoms with Crippen LogP contribution in [0.2, 0.25) is 0 Å². The molecule has 4 rings (SSSR count). The molecule has 150 valence electrons. The molecule has 0 aliphatic carbocycles. The highest BCUT2D eigenvalue weighted by Crippen LogP contribution is 2.52. The number of hydrogen-bond acceptors (Lipinski definition) is 10. The molecule has 0 amide bonds. The molecule has 0 spiro atoms. The second kappa shape index (κ2) is 6.45. The first-order valence-corrected chi connectivity index (χ1v) is 8.79. The molecule has 10 N–H and O–H groups in total. The summed E-state index contributed by atoms with van der Waals surface area (Å²) in [5.74, 6) is -5.32. The van der Waals surface area contributed by atoms with Gasteiger partial charge < -0.3 is 46.3 Å².